The van der Waals surface area contributed by atoms with E-state index in [0.717, 1.165) is 12.1 Å². The van der Waals surface area contributed by atoms with Crippen molar-refractivity contribution in [2.45, 2.75) is 13.0 Å². The summed E-state index contributed by atoms with van der Waals surface area (Å²) in [6, 6.07) is 4.88. The summed E-state index contributed by atoms with van der Waals surface area (Å²) < 4.78 is 46.1. The summed E-state index contributed by atoms with van der Waals surface area (Å²) in [6.07, 6.45) is -3.51. The lowest BCUT2D eigenvalue weighted by atomic mass is 10.2. The lowest BCUT2D eigenvalue weighted by Crippen LogP contribution is -2.17. The van der Waals surface area contributed by atoms with Gasteiger partial charge in [-0.1, -0.05) is 0 Å². The highest BCUT2D eigenvalue weighted by Crippen LogP contribution is 2.24. The molecule has 0 aliphatic heterocycles. The monoisotopic (exact) mass is 316 g/mol. The molecule has 0 saturated heterocycles. The van der Waals surface area contributed by atoms with Crippen molar-refractivity contribution in [2.75, 3.05) is 7.11 Å². The van der Waals surface area contributed by atoms with Gasteiger partial charge in [0.15, 0.2) is 0 Å². The Labute approximate surface area is 122 Å². The topological polar surface area (TPSA) is 73.6 Å². The highest BCUT2D eigenvalue weighted by molar-refractivity contribution is 5.88. The molecule has 0 atom stereocenters. The number of nitrogens with zero attached hydrogens (tertiary/aromatic N) is 2. The Morgan fingerprint density at radius 3 is 2.45 bits per heavy atom. The highest BCUT2D eigenvalue weighted by Gasteiger charge is 2.31. The number of alkyl halides is 3. The van der Waals surface area contributed by atoms with E-state index in [0.29, 0.717) is 5.69 Å². The summed E-state index contributed by atoms with van der Waals surface area (Å²) in [5.74, 6) is -1.55. The van der Waals surface area contributed by atoms with Crippen molar-refractivity contribution in [3.8, 4) is 11.4 Å². The SMILES string of the molecule is COCc1nn(-c2ccc(OC(F)(F)F)cc2)cc1C(=O)O. The third kappa shape index (κ3) is 3.76. The van der Waals surface area contributed by atoms with Gasteiger partial charge >= 0.3 is 12.3 Å². The molecule has 0 aliphatic carbocycles. The van der Waals surface area contributed by atoms with Crippen molar-refractivity contribution in [1.82, 2.24) is 9.78 Å². The van der Waals surface area contributed by atoms with E-state index in [1.807, 2.05) is 0 Å². The molecule has 0 radical (unpaired) electrons. The Morgan fingerprint density at radius 2 is 1.95 bits per heavy atom. The van der Waals surface area contributed by atoms with Gasteiger partial charge < -0.3 is 14.6 Å². The fraction of sp³-hybridized carbons (Fsp3) is 0.231. The Bertz CT molecular complexity index is 665. The zero-order valence-electron chi connectivity index (χ0n) is 11.3. The minimum absolute atomic E-state index is 0.00387. The number of carbonyl (C=O) groups is 1. The zero-order chi connectivity index (χ0) is 16.3. The van der Waals surface area contributed by atoms with Crippen LogP contribution in [0.5, 0.6) is 5.75 Å². The molecule has 0 unspecified atom stereocenters. The van der Waals surface area contributed by atoms with Gasteiger partial charge in [-0.25, -0.2) is 9.48 Å². The molecule has 22 heavy (non-hydrogen) atoms. The smallest absolute Gasteiger partial charge is 0.478 e. The van der Waals surface area contributed by atoms with E-state index < -0.39 is 12.3 Å². The molecular weight excluding hydrogens is 305 g/mol. The second-order valence-electron chi connectivity index (χ2n) is 4.21. The van der Waals surface area contributed by atoms with Crippen molar-refractivity contribution in [3.05, 3.63) is 41.7 Å². The van der Waals surface area contributed by atoms with Crippen LogP contribution >= 0.6 is 0 Å². The maximum absolute atomic E-state index is 12.1. The van der Waals surface area contributed by atoms with E-state index >= 15 is 0 Å². The first-order valence-electron chi connectivity index (χ1n) is 5.97. The van der Waals surface area contributed by atoms with Crippen LogP contribution in [0.25, 0.3) is 5.69 Å². The molecule has 1 N–H and O–H groups in total. The van der Waals surface area contributed by atoms with E-state index in [4.69, 9.17) is 9.84 Å². The average molecular weight is 316 g/mol. The van der Waals surface area contributed by atoms with Crippen molar-refractivity contribution >= 4 is 5.97 Å². The first-order chi connectivity index (χ1) is 10.3. The number of carboxylic acid groups (broad SMARTS) is 1. The van der Waals surface area contributed by atoms with Gasteiger partial charge in [-0.3, -0.25) is 0 Å². The number of hydrogen-bond donors (Lipinski definition) is 1. The van der Waals surface area contributed by atoms with Crippen molar-refractivity contribution in [3.63, 3.8) is 0 Å². The third-order valence-corrected chi connectivity index (χ3v) is 2.64. The molecule has 0 spiro atoms. The van der Waals surface area contributed by atoms with Crippen LogP contribution in [-0.4, -0.2) is 34.3 Å². The molecular formula is C13H11F3N2O4. The Morgan fingerprint density at radius 1 is 1.32 bits per heavy atom. The van der Waals surface area contributed by atoms with E-state index in [1.165, 1.54) is 30.1 Å². The number of hydrogen-bond acceptors (Lipinski definition) is 4. The zero-order valence-corrected chi connectivity index (χ0v) is 11.3. The molecule has 1 aromatic carbocycles. The lowest BCUT2D eigenvalue weighted by Gasteiger charge is -2.09. The number of halogens is 3. The number of benzene rings is 1. The maximum Gasteiger partial charge on any atom is 0.573 e. The number of methoxy groups -OCH3 is 1. The second kappa shape index (κ2) is 6.06. The fourth-order valence-electron chi connectivity index (χ4n) is 1.76. The van der Waals surface area contributed by atoms with E-state index in [-0.39, 0.29) is 23.6 Å². The number of aromatic nitrogens is 2. The maximum atomic E-state index is 12.1. The van der Waals surface area contributed by atoms with Gasteiger partial charge in [-0.2, -0.15) is 5.10 Å². The van der Waals surface area contributed by atoms with E-state index in [1.54, 1.807) is 0 Å². The number of ether oxygens (including phenoxy) is 2. The first kappa shape index (κ1) is 15.8. The molecule has 6 nitrogen and oxygen atoms in total. The van der Waals surface area contributed by atoms with Crippen molar-refractivity contribution < 1.29 is 32.5 Å². The van der Waals surface area contributed by atoms with Gasteiger partial charge in [0.1, 0.15) is 17.0 Å². The molecule has 0 fully saturated rings. The predicted molar refractivity (Wildman–Crippen MR) is 67.9 cm³/mol. The molecule has 9 heteroatoms. The summed E-state index contributed by atoms with van der Waals surface area (Å²) in [5.41, 5.74) is 0.558. The van der Waals surface area contributed by atoms with Gasteiger partial charge in [0.2, 0.25) is 0 Å². The number of carboxylic acids is 1. The molecule has 0 bridgehead atoms. The van der Waals surface area contributed by atoms with Crippen LogP contribution in [-0.2, 0) is 11.3 Å². The Hall–Kier alpha value is -2.55. The minimum atomic E-state index is -4.77. The van der Waals surface area contributed by atoms with Gasteiger partial charge in [0.05, 0.1) is 12.3 Å². The summed E-state index contributed by atoms with van der Waals surface area (Å²) in [4.78, 5) is 11.1. The molecule has 1 heterocycles. The molecule has 0 amide bonds. The number of aromatic carboxylic acids is 1. The second-order valence-corrected chi connectivity index (χ2v) is 4.21. The van der Waals surface area contributed by atoms with Crippen LogP contribution in [0.1, 0.15) is 16.1 Å². The molecule has 0 saturated carbocycles. The quantitative estimate of drug-likeness (QED) is 0.918. The molecule has 2 rings (SSSR count). The Kier molecular flexibility index (Phi) is 4.36. The van der Waals surface area contributed by atoms with Crippen LogP contribution < -0.4 is 4.74 Å². The third-order valence-electron chi connectivity index (χ3n) is 2.64. The molecule has 0 aliphatic rings. The summed E-state index contributed by atoms with van der Waals surface area (Å²) in [7, 11) is 1.40. The first-order valence-corrected chi connectivity index (χ1v) is 5.97. The summed E-state index contributed by atoms with van der Waals surface area (Å²) in [6.45, 7) is 0.00387. The predicted octanol–water partition coefficient (Wildman–Crippen LogP) is 2.62. The summed E-state index contributed by atoms with van der Waals surface area (Å²) >= 11 is 0. The van der Waals surface area contributed by atoms with Crippen LogP contribution in [0.3, 0.4) is 0 Å². The van der Waals surface area contributed by atoms with Crippen LogP contribution in [0.2, 0.25) is 0 Å². The standard InChI is InChI=1S/C13H11F3N2O4/c1-21-7-11-10(12(19)20)6-18(17-11)8-2-4-9(5-3-8)22-13(14,15)16/h2-6H,7H2,1H3,(H,19,20). The van der Waals surface area contributed by atoms with Crippen molar-refractivity contribution in [1.29, 1.82) is 0 Å². The normalized spacial score (nSPS) is 11.5. The lowest BCUT2D eigenvalue weighted by molar-refractivity contribution is -0.274. The van der Waals surface area contributed by atoms with Gasteiger partial charge in [0, 0.05) is 13.3 Å². The molecule has 118 valence electrons. The van der Waals surface area contributed by atoms with Crippen LogP contribution in [0, 0.1) is 0 Å². The minimum Gasteiger partial charge on any atom is -0.478 e. The molecule has 1 aromatic heterocycles. The Balaban J connectivity index is 2.28. The molecule has 2 aromatic rings. The van der Waals surface area contributed by atoms with Gasteiger partial charge in [-0.05, 0) is 24.3 Å². The highest BCUT2D eigenvalue weighted by atomic mass is 19.4. The van der Waals surface area contributed by atoms with E-state index in [2.05, 4.69) is 9.84 Å². The largest absolute Gasteiger partial charge is 0.573 e. The number of rotatable bonds is 5. The van der Waals surface area contributed by atoms with Gasteiger partial charge in [0.25, 0.3) is 0 Å². The van der Waals surface area contributed by atoms with Crippen LogP contribution in [0.15, 0.2) is 30.5 Å². The fourth-order valence-corrected chi connectivity index (χ4v) is 1.76. The van der Waals surface area contributed by atoms with Crippen LogP contribution in [0.4, 0.5) is 13.2 Å². The van der Waals surface area contributed by atoms with E-state index in [9.17, 15) is 18.0 Å². The summed E-state index contributed by atoms with van der Waals surface area (Å²) in [5, 5.41) is 13.1. The average Bonchev–Trinajstić information content (AvgIpc) is 2.82. The van der Waals surface area contributed by atoms with Crippen molar-refractivity contribution in [2.24, 2.45) is 0 Å². The van der Waals surface area contributed by atoms with Gasteiger partial charge in [-0.15, -0.1) is 13.2 Å².